The van der Waals surface area contributed by atoms with E-state index >= 15 is 0 Å². The second-order valence-electron chi connectivity index (χ2n) is 6.81. The second-order valence-corrected chi connectivity index (χ2v) is 7.87. The summed E-state index contributed by atoms with van der Waals surface area (Å²) >= 11 is 1.71. The number of nitrogens with zero attached hydrogens (tertiary/aromatic N) is 4. The van der Waals surface area contributed by atoms with E-state index in [1.807, 2.05) is 16.8 Å². The standard InChI is InChI=1S/C17H28N4OS/c1-14-18-15(13-23-14)12-20-8-5-9-21(11-10-20)17(22)19(2)16-6-3-4-7-16/h13,16H,3-12H2,1-2H3. The second kappa shape index (κ2) is 7.62. The zero-order valence-corrected chi connectivity index (χ0v) is 15.1. The Kier molecular flexibility index (Phi) is 5.54. The number of rotatable bonds is 3. The van der Waals surface area contributed by atoms with Crippen LogP contribution in [0.5, 0.6) is 0 Å². The van der Waals surface area contributed by atoms with Crippen LogP contribution in [-0.4, -0.2) is 65.0 Å². The predicted molar refractivity (Wildman–Crippen MR) is 93.7 cm³/mol. The van der Waals surface area contributed by atoms with Crippen LogP contribution in [0.3, 0.4) is 0 Å². The Morgan fingerprint density at radius 2 is 2.04 bits per heavy atom. The van der Waals surface area contributed by atoms with Crippen LogP contribution >= 0.6 is 11.3 Å². The molecule has 1 saturated heterocycles. The highest BCUT2D eigenvalue weighted by atomic mass is 32.1. The molecule has 1 saturated carbocycles. The molecule has 5 nitrogen and oxygen atoms in total. The lowest BCUT2D eigenvalue weighted by molar-refractivity contribution is 0.147. The highest BCUT2D eigenvalue weighted by Crippen LogP contribution is 2.23. The molecular formula is C17H28N4OS. The number of aromatic nitrogens is 1. The number of carbonyl (C=O) groups excluding carboxylic acids is 1. The topological polar surface area (TPSA) is 39.7 Å². The number of hydrogen-bond acceptors (Lipinski definition) is 4. The van der Waals surface area contributed by atoms with Crippen molar-refractivity contribution in [3.63, 3.8) is 0 Å². The smallest absolute Gasteiger partial charge is 0.320 e. The Labute approximate surface area is 143 Å². The summed E-state index contributed by atoms with van der Waals surface area (Å²) in [6, 6.07) is 0.683. The van der Waals surface area contributed by atoms with Gasteiger partial charge in [0, 0.05) is 51.2 Å². The van der Waals surface area contributed by atoms with Gasteiger partial charge in [0.2, 0.25) is 0 Å². The summed E-state index contributed by atoms with van der Waals surface area (Å²) < 4.78 is 0. The van der Waals surface area contributed by atoms with E-state index in [2.05, 4.69) is 22.2 Å². The molecule has 0 atom stereocenters. The van der Waals surface area contributed by atoms with Gasteiger partial charge < -0.3 is 9.80 Å². The number of urea groups is 1. The molecule has 2 fully saturated rings. The summed E-state index contributed by atoms with van der Waals surface area (Å²) in [5.74, 6) is 0. The monoisotopic (exact) mass is 336 g/mol. The van der Waals surface area contributed by atoms with Crippen LogP contribution in [-0.2, 0) is 6.54 Å². The third-order valence-corrected chi connectivity index (χ3v) is 5.91. The molecule has 0 aromatic carbocycles. The molecule has 2 heterocycles. The van der Waals surface area contributed by atoms with Gasteiger partial charge in [-0.25, -0.2) is 9.78 Å². The molecule has 128 valence electrons. The number of thiazole rings is 1. The summed E-state index contributed by atoms with van der Waals surface area (Å²) in [5, 5.41) is 3.28. The molecule has 23 heavy (non-hydrogen) atoms. The number of carbonyl (C=O) groups is 1. The number of hydrogen-bond donors (Lipinski definition) is 0. The lowest BCUT2D eigenvalue weighted by atomic mass is 10.2. The van der Waals surface area contributed by atoms with Crippen molar-refractivity contribution in [2.75, 3.05) is 33.2 Å². The van der Waals surface area contributed by atoms with Gasteiger partial charge in [-0.15, -0.1) is 11.3 Å². The van der Waals surface area contributed by atoms with Crippen LogP contribution in [0.4, 0.5) is 4.79 Å². The summed E-state index contributed by atoms with van der Waals surface area (Å²) in [4.78, 5) is 23.8. The zero-order chi connectivity index (χ0) is 16.2. The van der Waals surface area contributed by atoms with Gasteiger partial charge in [-0.1, -0.05) is 12.8 Å². The van der Waals surface area contributed by atoms with Gasteiger partial charge in [0.15, 0.2) is 0 Å². The zero-order valence-electron chi connectivity index (χ0n) is 14.3. The largest absolute Gasteiger partial charge is 0.325 e. The summed E-state index contributed by atoms with van der Waals surface area (Å²) in [6.45, 7) is 6.66. The first kappa shape index (κ1) is 16.7. The molecule has 0 N–H and O–H groups in total. The van der Waals surface area contributed by atoms with Gasteiger partial charge in [-0.2, -0.15) is 0 Å². The van der Waals surface area contributed by atoms with Gasteiger partial charge in [0.25, 0.3) is 0 Å². The maximum absolute atomic E-state index is 12.7. The minimum absolute atomic E-state index is 0.225. The Hall–Kier alpha value is -1.14. The highest BCUT2D eigenvalue weighted by Gasteiger charge is 2.28. The molecule has 1 aliphatic carbocycles. The van der Waals surface area contributed by atoms with E-state index in [0.29, 0.717) is 6.04 Å². The van der Waals surface area contributed by atoms with Gasteiger partial charge in [-0.3, -0.25) is 4.90 Å². The molecule has 2 aliphatic rings. The molecule has 1 aromatic rings. The number of aryl methyl sites for hydroxylation is 1. The van der Waals surface area contributed by atoms with Crippen LogP contribution in [0.25, 0.3) is 0 Å². The van der Waals surface area contributed by atoms with Crippen molar-refractivity contribution in [3.05, 3.63) is 16.1 Å². The highest BCUT2D eigenvalue weighted by molar-refractivity contribution is 7.09. The van der Waals surface area contributed by atoms with Crippen molar-refractivity contribution >= 4 is 17.4 Å². The Bertz CT molecular complexity index is 526. The van der Waals surface area contributed by atoms with Crippen LogP contribution in [0, 0.1) is 6.92 Å². The fourth-order valence-electron chi connectivity index (χ4n) is 3.70. The summed E-state index contributed by atoms with van der Waals surface area (Å²) in [7, 11) is 1.99. The van der Waals surface area contributed by atoms with Crippen molar-refractivity contribution in [2.24, 2.45) is 0 Å². The van der Waals surface area contributed by atoms with E-state index in [1.54, 1.807) is 11.3 Å². The molecule has 1 aromatic heterocycles. The van der Waals surface area contributed by atoms with Crippen LogP contribution in [0.15, 0.2) is 5.38 Å². The lowest BCUT2D eigenvalue weighted by Gasteiger charge is -2.31. The molecule has 6 heteroatoms. The minimum atomic E-state index is 0.225. The molecule has 0 radical (unpaired) electrons. The third kappa shape index (κ3) is 4.23. The van der Waals surface area contributed by atoms with E-state index in [0.717, 1.165) is 49.8 Å². The van der Waals surface area contributed by atoms with E-state index in [4.69, 9.17) is 0 Å². The molecular weight excluding hydrogens is 308 g/mol. The van der Waals surface area contributed by atoms with Crippen molar-refractivity contribution < 1.29 is 4.79 Å². The maximum Gasteiger partial charge on any atom is 0.320 e. The quantitative estimate of drug-likeness (QED) is 0.852. The Balaban J connectivity index is 1.52. The average Bonchev–Trinajstić information content (AvgIpc) is 3.15. The summed E-state index contributed by atoms with van der Waals surface area (Å²) in [6.07, 6.45) is 5.93. The van der Waals surface area contributed by atoms with E-state index in [9.17, 15) is 4.79 Å². The van der Waals surface area contributed by atoms with Crippen LogP contribution in [0.2, 0.25) is 0 Å². The fraction of sp³-hybridized carbons (Fsp3) is 0.765. The maximum atomic E-state index is 12.7. The molecule has 3 rings (SSSR count). The van der Waals surface area contributed by atoms with Gasteiger partial charge in [-0.05, 0) is 26.2 Å². The average molecular weight is 337 g/mol. The van der Waals surface area contributed by atoms with Gasteiger partial charge in [0.05, 0.1) is 10.7 Å². The minimum Gasteiger partial charge on any atom is -0.325 e. The van der Waals surface area contributed by atoms with Crippen molar-refractivity contribution in [2.45, 2.75) is 51.6 Å². The van der Waals surface area contributed by atoms with Crippen LogP contribution < -0.4 is 0 Å². The summed E-state index contributed by atoms with van der Waals surface area (Å²) in [5.41, 5.74) is 1.16. The predicted octanol–water partition coefficient (Wildman–Crippen LogP) is 2.95. The van der Waals surface area contributed by atoms with Crippen molar-refractivity contribution in [3.8, 4) is 0 Å². The molecule has 1 aliphatic heterocycles. The van der Waals surface area contributed by atoms with Crippen LogP contribution in [0.1, 0.15) is 42.8 Å². The Morgan fingerprint density at radius 3 is 2.74 bits per heavy atom. The first-order valence-electron chi connectivity index (χ1n) is 8.78. The van der Waals surface area contributed by atoms with Crippen molar-refractivity contribution in [1.29, 1.82) is 0 Å². The molecule has 2 amide bonds. The van der Waals surface area contributed by atoms with E-state index in [1.165, 1.54) is 25.7 Å². The fourth-order valence-corrected chi connectivity index (χ4v) is 4.30. The van der Waals surface area contributed by atoms with E-state index < -0.39 is 0 Å². The first-order chi connectivity index (χ1) is 11.1. The van der Waals surface area contributed by atoms with Gasteiger partial charge in [0.1, 0.15) is 0 Å². The number of amides is 2. The van der Waals surface area contributed by atoms with Crippen molar-refractivity contribution in [1.82, 2.24) is 19.7 Å². The van der Waals surface area contributed by atoms with E-state index in [-0.39, 0.29) is 6.03 Å². The Morgan fingerprint density at radius 1 is 1.26 bits per heavy atom. The normalized spacial score (nSPS) is 20.7. The third-order valence-electron chi connectivity index (χ3n) is 5.09. The molecule has 0 unspecified atom stereocenters. The SMILES string of the molecule is Cc1nc(CN2CCCN(C(=O)N(C)C3CCCC3)CC2)cs1. The lowest BCUT2D eigenvalue weighted by Crippen LogP contribution is -2.46. The molecule has 0 bridgehead atoms. The first-order valence-corrected chi connectivity index (χ1v) is 9.66. The molecule has 0 spiro atoms. The van der Waals surface area contributed by atoms with Gasteiger partial charge >= 0.3 is 6.03 Å².